The number of carbonyl (C=O) groups excluding carboxylic acids is 1. The molecular weight excluding hydrogens is 358 g/mol. The lowest BCUT2D eigenvalue weighted by Gasteiger charge is -2.19. The molecule has 11 heteroatoms. The highest BCUT2D eigenvalue weighted by Gasteiger charge is 2.24. The number of nitrogens with two attached hydrogens (primary N) is 1. The molecule has 4 N–H and O–H groups in total. The number of anilines is 1. The number of hydrazine groups is 1. The van der Waals surface area contributed by atoms with Crippen molar-refractivity contribution in [1.82, 2.24) is 4.98 Å². The molecule has 1 aromatic heterocycles. The van der Waals surface area contributed by atoms with Crippen molar-refractivity contribution < 1.29 is 26.7 Å². The van der Waals surface area contributed by atoms with E-state index in [0.717, 1.165) is 31.5 Å². The number of ether oxygens (including phenoxy) is 1. The second-order valence-electron chi connectivity index (χ2n) is 4.89. The van der Waals surface area contributed by atoms with Gasteiger partial charge in [0.2, 0.25) is 0 Å². The third-order valence-corrected chi connectivity index (χ3v) is 4.84. The Bertz CT molecular complexity index is 927. The van der Waals surface area contributed by atoms with Crippen LogP contribution in [0.2, 0.25) is 0 Å². The number of esters is 1. The molecule has 1 heterocycles. The first-order valence-corrected chi connectivity index (χ1v) is 8.38. The molecule has 0 fully saturated rings. The summed E-state index contributed by atoms with van der Waals surface area (Å²) in [5.41, 5.74) is -0.571. The monoisotopic (exact) mass is 372 g/mol. The van der Waals surface area contributed by atoms with Gasteiger partial charge >= 0.3 is 5.97 Å². The van der Waals surface area contributed by atoms with Crippen molar-refractivity contribution in [3.8, 4) is 0 Å². The lowest BCUT2D eigenvalue weighted by molar-refractivity contribution is 0.0594. The lowest BCUT2D eigenvalue weighted by atomic mass is 10.3. The molecule has 0 saturated heterocycles. The molecule has 25 heavy (non-hydrogen) atoms. The Labute approximate surface area is 141 Å². The maximum atomic E-state index is 13.7. The number of benzene rings is 1. The number of methoxy groups -OCH3 is 1. The van der Waals surface area contributed by atoms with Gasteiger partial charge in [-0.3, -0.25) is 10.4 Å². The number of rotatable bonds is 5. The van der Waals surface area contributed by atoms with Crippen molar-refractivity contribution in [3.63, 3.8) is 0 Å². The van der Waals surface area contributed by atoms with E-state index >= 15 is 0 Å². The van der Waals surface area contributed by atoms with Gasteiger partial charge in [0.1, 0.15) is 17.3 Å². The van der Waals surface area contributed by atoms with Crippen LogP contribution >= 0.6 is 0 Å². The summed E-state index contributed by atoms with van der Waals surface area (Å²) in [6.45, 7) is 0. The zero-order chi connectivity index (χ0) is 18.8. The minimum Gasteiger partial charge on any atom is -0.464 e. The van der Waals surface area contributed by atoms with Gasteiger partial charge in [-0.25, -0.2) is 27.8 Å². The van der Waals surface area contributed by atoms with Crippen molar-refractivity contribution in [3.05, 3.63) is 47.8 Å². The van der Waals surface area contributed by atoms with Gasteiger partial charge in [-0.05, 0) is 18.2 Å². The first kappa shape index (κ1) is 18.5. The molecule has 0 aliphatic carbocycles. The zero-order valence-corrected chi connectivity index (χ0v) is 13.7. The average Bonchev–Trinajstić information content (AvgIpc) is 3.06. The number of carbonyl (C=O) groups is 1. The Morgan fingerprint density at radius 1 is 1.40 bits per heavy atom. The molecule has 1 aromatic carbocycles. The molecule has 0 bridgehead atoms. The number of H-pyrrole nitrogens is 1. The fraction of sp³-hybridized carbons (Fsp3) is 0.143. The van der Waals surface area contributed by atoms with Gasteiger partial charge in [-0.1, -0.05) is 6.07 Å². The predicted octanol–water partition coefficient (Wildman–Crippen LogP) is 1.21. The summed E-state index contributed by atoms with van der Waals surface area (Å²) in [4.78, 5) is 13.5. The van der Waals surface area contributed by atoms with E-state index in [0.29, 0.717) is 5.01 Å². The predicted molar refractivity (Wildman–Crippen MR) is 84.9 cm³/mol. The van der Waals surface area contributed by atoms with Gasteiger partial charge in [-0.15, -0.1) is 0 Å². The summed E-state index contributed by atoms with van der Waals surface area (Å²) in [6.07, 6.45) is 1.05. The Morgan fingerprint density at radius 3 is 2.72 bits per heavy atom. The van der Waals surface area contributed by atoms with Crippen LogP contribution in [-0.4, -0.2) is 38.1 Å². The second-order valence-corrected chi connectivity index (χ2v) is 6.88. The van der Waals surface area contributed by atoms with Crippen LogP contribution in [-0.2, 0) is 14.6 Å². The van der Waals surface area contributed by atoms with Crippen molar-refractivity contribution >= 4 is 27.3 Å². The number of nitrogens with zero attached hydrogens (tertiary/aromatic N) is 1. The minimum atomic E-state index is -4.06. The molecular formula is C14H14F2N4O4S. The molecule has 0 saturated carbocycles. The Morgan fingerprint density at radius 2 is 2.08 bits per heavy atom. The molecule has 0 aliphatic heterocycles. The number of sulfone groups is 1. The van der Waals surface area contributed by atoms with Crippen molar-refractivity contribution in [2.24, 2.45) is 5.84 Å². The van der Waals surface area contributed by atoms with Gasteiger partial charge in [0.25, 0.3) is 0 Å². The fourth-order valence-electron chi connectivity index (χ4n) is 1.94. The molecule has 2 rings (SSSR count). The van der Waals surface area contributed by atoms with Gasteiger partial charge in [0.15, 0.2) is 21.5 Å². The fourth-order valence-corrected chi connectivity index (χ4v) is 3.14. The van der Waals surface area contributed by atoms with Gasteiger partial charge in [-0.2, -0.15) is 0 Å². The maximum Gasteiger partial charge on any atom is 0.354 e. The van der Waals surface area contributed by atoms with E-state index in [4.69, 9.17) is 11.3 Å². The van der Waals surface area contributed by atoms with E-state index in [1.54, 1.807) is 0 Å². The quantitative estimate of drug-likeness (QED) is 0.238. The van der Waals surface area contributed by atoms with Crippen LogP contribution < -0.4 is 10.9 Å². The summed E-state index contributed by atoms with van der Waals surface area (Å²) in [6, 6.07) is 4.18. The SMILES string of the molecule is COC(=O)c1cc(S(=O)(=O)CC(=N)N(N)c2cccc(F)c2F)c[nH]1. The molecule has 0 atom stereocenters. The first-order valence-electron chi connectivity index (χ1n) is 6.73. The molecule has 0 amide bonds. The summed E-state index contributed by atoms with van der Waals surface area (Å²) < 4.78 is 56.0. The Hall–Kier alpha value is -2.79. The number of nitrogens with one attached hydrogen (secondary N) is 2. The zero-order valence-electron chi connectivity index (χ0n) is 12.9. The standard InChI is InChI=1S/C14H14F2N4O4S/c1-24-14(21)10-5-8(6-19-10)25(22,23)7-12(17)20(18)11-4-2-3-9(15)13(11)16/h2-6,17,19H,7,18H2,1H3. The van der Waals surface area contributed by atoms with Crippen LogP contribution in [0.25, 0.3) is 0 Å². The van der Waals surface area contributed by atoms with Gasteiger partial charge in [0.05, 0.1) is 17.7 Å². The molecule has 2 aromatic rings. The smallest absolute Gasteiger partial charge is 0.354 e. The third-order valence-electron chi connectivity index (χ3n) is 3.23. The van der Waals surface area contributed by atoms with Gasteiger partial charge < -0.3 is 9.72 Å². The molecule has 134 valence electrons. The van der Waals surface area contributed by atoms with Crippen LogP contribution in [0, 0.1) is 17.0 Å². The highest BCUT2D eigenvalue weighted by molar-refractivity contribution is 7.92. The summed E-state index contributed by atoms with van der Waals surface area (Å²) in [5.74, 6) is 0.691. The van der Waals surface area contributed by atoms with Gasteiger partial charge in [0, 0.05) is 6.20 Å². The first-order chi connectivity index (χ1) is 11.7. The topological polar surface area (TPSA) is 129 Å². The molecule has 8 nitrogen and oxygen atoms in total. The maximum absolute atomic E-state index is 13.7. The van der Waals surface area contributed by atoms with Crippen LogP contribution in [0.1, 0.15) is 10.5 Å². The number of hydrogen-bond donors (Lipinski definition) is 3. The Kier molecular flexibility index (Phi) is 5.18. The van der Waals surface area contributed by atoms with Crippen molar-refractivity contribution in [1.29, 1.82) is 5.41 Å². The third kappa shape index (κ3) is 3.83. The van der Waals surface area contributed by atoms with E-state index in [1.807, 2.05) is 0 Å². The molecule has 0 unspecified atom stereocenters. The van der Waals surface area contributed by atoms with Crippen LogP contribution in [0.15, 0.2) is 35.4 Å². The normalized spacial score (nSPS) is 11.2. The number of hydrogen-bond acceptors (Lipinski definition) is 6. The number of halogens is 2. The van der Waals surface area contributed by atoms with Crippen molar-refractivity contribution in [2.45, 2.75) is 4.90 Å². The summed E-state index contributed by atoms with van der Waals surface area (Å²) in [5, 5.41) is 8.20. The molecule has 0 spiro atoms. The highest BCUT2D eigenvalue weighted by atomic mass is 32.2. The van der Waals surface area contributed by atoms with Crippen molar-refractivity contribution in [2.75, 3.05) is 17.9 Å². The number of aromatic nitrogens is 1. The summed E-state index contributed by atoms with van der Waals surface area (Å²) >= 11 is 0. The number of aromatic amines is 1. The average molecular weight is 372 g/mol. The van der Waals surface area contributed by atoms with E-state index in [9.17, 15) is 22.0 Å². The Balaban J connectivity index is 2.22. The van der Waals surface area contributed by atoms with E-state index in [1.165, 1.54) is 6.07 Å². The molecule has 0 radical (unpaired) electrons. The van der Waals surface area contributed by atoms with Crippen LogP contribution in [0.5, 0.6) is 0 Å². The van der Waals surface area contributed by atoms with Crippen LogP contribution in [0.3, 0.4) is 0 Å². The number of amidine groups is 1. The highest BCUT2D eigenvalue weighted by Crippen LogP contribution is 2.20. The second kappa shape index (κ2) is 6.99. The minimum absolute atomic E-state index is 0.0895. The van der Waals surface area contributed by atoms with Crippen LogP contribution in [0.4, 0.5) is 14.5 Å². The molecule has 0 aliphatic rings. The lowest BCUT2D eigenvalue weighted by Crippen LogP contribution is -2.41. The summed E-state index contributed by atoms with van der Waals surface area (Å²) in [7, 11) is -2.93. The van der Waals surface area contributed by atoms with E-state index in [-0.39, 0.29) is 10.6 Å². The van der Waals surface area contributed by atoms with E-state index < -0.39 is 44.7 Å². The van der Waals surface area contributed by atoms with E-state index in [2.05, 4.69) is 9.72 Å². The largest absolute Gasteiger partial charge is 0.464 e.